The smallest absolute Gasteiger partial charge is 0.196 e. The van der Waals surface area contributed by atoms with Crippen molar-refractivity contribution >= 4 is 11.1 Å². The average Bonchev–Trinajstić information content (AvgIpc) is 3.09. The third kappa shape index (κ3) is 3.49. The molecule has 1 aliphatic rings. The van der Waals surface area contributed by atoms with Gasteiger partial charge in [0.25, 0.3) is 0 Å². The molecule has 1 atom stereocenters. The first kappa shape index (κ1) is 16.8. The van der Waals surface area contributed by atoms with Gasteiger partial charge in [-0.2, -0.15) is 5.26 Å². The summed E-state index contributed by atoms with van der Waals surface area (Å²) in [5.41, 5.74) is 4.58. The molecule has 1 saturated heterocycles. The van der Waals surface area contributed by atoms with E-state index in [9.17, 15) is 0 Å². The predicted molar refractivity (Wildman–Crippen MR) is 103 cm³/mol. The highest BCUT2D eigenvalue weighted by Gasteiger charge is 2.18. The quantitative estimate of drug-likeness (QED) is 0.682. The molecule has 0 aliphatic carbocycles. The molecule has 0 bridgehead atoms. The number of hydrogen-bond acceptors (Lipinski definition) is 4. The molecule has 1 unspecified atom stereocenters. The molecule has 1 aliphatic heterocycles. The van der Waals surface area contributed by atoms with Crippen LogP contribution in [0.4, 0.5) is 0 Å². The van der Waals surface area contributed by atoms with Crippen molar-refractivity contribution in [2.75, 3.05) is 13.1 Å². The van der Waals surface area contributed by atoms with Crippen LogP contribution in [0.2, 0.25) is 0 Å². The second-order valence-electron chi connectivity index (χ2n) is 7.11. The number of benzene rings is 2. The van der Waals surface area contributed by atoms with E-state index in [4.69, 9.17) is 14.7 Å². The lowest BCUT2D eigenvalue weighted by molar-refractivity contribution is 0.160. The van der Waals surface area contributed by atoms with Crippen molar-refractivity contribution in [3.63, 3.8) is 0 Å². The summed E-state index contributed by atoms with van der Waals surface area (Å²) in [6, 6.07) is 16.5. The Balaban J connectivity index is 1.51. The van der Waals surface area contributed by atoms with Gasteiger partial charge in [0.15, 0.2) is 11.5 Å². The zero-order valence-electron chi connectivity index (χ0n) is 15.1. The van der Waals surface area contributed by atoms with Gasteiger partial charge < -0.3 is 9.32 Å². The Labute approximate surface area is 154 Å². The fourth-order valence-electron chi connectivity index (χ4n) is 3.73. The van der Waals surface area contributed by atoms with Crippen LogP contribution in [0, 0.1) is 11.3 Å². The van der Waals surface area contributed by atoms with Crippen LogP contribution in [-0.4, -0.2) is 29.0 Å². The molecule has 0 saturated carbocycles. The first-order valence-corrected chi connectivity index (χ1v) is 9.37. The number of nitrogens with zero attached hydrogens (tertiary/aromatic N) is 3. The van der Waals surface area contributed by atoms with Crippen LogP contribution in [-0.2, 0) is 6.42 Å². The van der Waals surface area contributed by atoms with Crippen LogP contribution >= 0.6 is 0 Å². The summed E-state index contributed by atoms with van der Waals surface area (Å²) in [5, 5.41) is 8.93. The van der Waals surface area contributed by atoms with Crippen LogP contribution < -0.4 is 0 Å². The highest BCUT2D eigenvalue weighted by atomic mass is 16.3. The number of nitriles is 1. The van der Waals surface area contributed by atoms with E-state index >= 15 is 0 Å². The standard InChI is InChI=1S/C22H23N3O/c1-16-4-2-3-12-25(16)13-11-22-24-20-14-19(9-10-21(20)26-22)18-7-5-17(15-23)6-8-18/h5-10,14,16H,2-4,11-13H2,1H3. The lowest BCUT2D eigenvalue weighted by Crippen LogP contribution is -2.38. The Morgan fingerprint density at radius 2 is 1.96 bits per heavy atom. The van der Waals surface area contributed by atoms with Gasteiger partial charge in [-0.3, -0.25) is 0 Å². The van der Waals surface area contributed by atoms with Crippen molar-refractivity contribution in [2.45, 2.75) is 38.6 Å². The number of likely N-dealkylation sites (tertiary alicyclic amines) is 1. The molecule has 0 N–H and O–H groups in total. The van der Waals surface area contributed by atoms with Gasteiger partial charge in [0, 0.05) is 19.0 Å². The van der Waals surface area contributed by atoms with E-state index in [0.29, 0.717) is 11.6 Å². The van der Waals surface area contributed by atoms with Gasteiger partial charge in [0.1, 0.15) is 5.52 Å². The number of fused-ring (bicyclic) bond motifs is 1. The second kappa shape index (κ2) is 7.31. The topological polar surface area (TPSA) is 53.1 Å². The van der Waals surface area contributed by atoms with Gasteiger partial charge in [0.05, 0.1) is 11.6 Å². The van der Waals surface area contributed by atoms with Gasteiger partial charge in [-0.25, -0.2) is 4.98 Å². The maximum atomic E-state index is 8.93. The fourth-order valence-corrected chi connectivity index (χ4v) is 3.73. The number of hydrogen-bond donors (Lipinski definition) is 0. The Kier molecular flexibility index (Phi) is 4.73. The number of oxazole rings is 1. The summed E-state index contributed by atoms with van der Waals surface area (Å²) in [6.07, 6.45) is 4.79. The van der Waals surface area contributed by atoms with Gasteiger partial charge in [-0.15, -0.1) is 0 Å². The first-order chi connectivity index (χ1) is 12.7. The van der Waals surface area contributed by atoms with E-state index in [-0.39, 0.29) is 0 Å². The van der Waals surface area contributed by atoms with Crippen LogP contribution in [0.15, 0.2) is 46.9 Å². The van der Waals surface area contributed by atoms with Crippen molar-refractivity contribution in [1.82, 2.24) is 9.88 Å². The van der Waals surface area contributed by atoms with Gasteiger partial charge in [-0.05, 0) is 61.7 Å². The van der Waals surface area contributed by atoms with E-state index < -0.39 is 0 Å². The summed E-state index contributed by atoms with van der Waals surface area (Å²) in [6.45, 7) is 4.51. The third-order valence-electron chi connectivity index (χ3n) is 5.33. The minimum absolute atomic E-state index is 0.663. The molecule has 3 aromatic rings. The number of rotatable bonds is 4. The molecule has 4 heteroatoms. The van der Waals surface area contributed by atoms with E-state index in [1.165, 1.54) is 25.8 Å². The van der Waals surface area contributed by atoms with Gasteiger partial charge >= 0.3 is 0 Å². The summed E-state index contributed by atoms with van der Waals surface area (Å²) in [7, 11) is 0. The van der Waals surface area contributed by atoms with E-state index in [2.05, 4.69) is 24.0 Å². The highest BCUT2D eigenvalue weighted by Crippen LogP contribution is 2.25. The first-order valence-electron chi connectivity index (χ1n) is 9.37. The Bertz CT molecular complexity index is 936. The zero-order chi connectivity index (χ0) is 17.9. The largest absolute Gasteiger partial charge is 0.441 e. The molecule has 0 spiro atoms. The van der Waals surface area contributed by atoms with Gasteiger partial charge in [0.2, 0.25) is 0 Å². The SMILES string of the molecule is CC1CCCCN1CCc1nc2cc(-c3ccc(C#N)cc3)ccc2o1. The summed E-state index contributed by atoms with van der Waals surface area (Å²) in [4.78, 5) is 7.24. The third-order valence-corrected chi connectivity index (χ3v) is 5.33. The fraction of sp³-hybridized carbons (Fsp3) is 0.364. The lowest BCUT2D eigenvalue weighted by atomic mass is 10.0. The van der Waals surface area contributed by atoms with Crippen molar-refractivity contribution < 1.29 is 4.42 Å². The van der Waals surface area contributed by atoms with Crippen molar-refractivity contribution in [3.05, 3.63) is 53.9 Å². The van der Waals surface area contributed by atoms with Gasteiger partial charge in [-0.1, -0.05) is 24.6 Å². The Morgan fingerprint density at radius 3 is 2.73 bits per heavy atom. The van der Waals surface area contributed by atoms with Crippen LogP contribution in [0.5, 0.6) is 0 Å². The maximum absolute atomic E-state index is 8.93. The number of aromatic nitrogens is 1. The monoisotopic (exact) mass is 345 g/mol. The molecule has 0 amide bonds. The molecule has 26 heavy (non-hydrogen) atoms. The van der Waals surface area contributed by atoms with E-state index in [1.807, 2.05) is 36.4 Å². The predicted octanol–water partition coefficient (Wildman–Crippen LogP) is 4.78. The van der Waals surface area contributed by atoms with E-state index in [1.54, 1.807) is 0 Å². The minimum atomic E-state index is 0.663. The van der Waals surface area contributed by atoms with Crippen LogP contribution in [0.25, 0.3) is 22.2 Å². The summed E-state index contributed by atoms with van der Waals surface area (Å²) in [5.74, 6) is 0.815. The maximum Gasteiger partial charge on any atom is 0.196 e. The van der Waals surface area contributed by atoms with E-state index in [0.717, 1.165) is 41.1 Å². The number of piperidine rings is 1. The highest BCUT2D eigenvalue weighted by molar-refractivity contribution is 5.80. The average molecular weight is 345 g/mol. The second-order valence-corrected chi connectivity index (χ2v) is 7.11. The molecule has 1 aromatic heterocycles. The molecule has 2 heterocycles. The molecule has 4 rings (SSSR count). The normalized spacial score (nSPS) is 18.1. The minimum Gasteiger partial charge on any atom is -0.441 e. The van der Waals surface area contributed by atoms with Crippen LogP contribution in [0.1, 0.15) is 37.6 Å². The molecule has 1 fully saturated rings. The molecule has 132 valence electrons. The van der Waals surface area contributed by atoms with Crippen LogP contribution in [0.3, 0.4) is 0 Å². The molecular formula is C22H23N3O. The zero-order valence-corrected chi connectivity index (χ0v) is 15.1. The van der Waals surface area contributed by atoms with Crippen molar-refractivity contribution in [1.29, 1.82) is 5.26 Å². The molecular weight excluding hydrogens is 322 g/mol. The molecule has 4 nitrogen and oxygen atoms in total. The molecule has 0 radical (unpaired) electrons. The lowest BCUT2D eigenvalue weighted by Gasteiger charge is -2.32. The summed E-state index contributed by atoms with van der Waals surface area (Å²) >= 11 is 0. The summed E-state index contributed by atoms with van der Waals surface area (Å²) < 4.78 is 5.94. The Hall–Kier alpha value is -2.64. The Morgan fingerprint density at radius 1 is 1.15 bits per heavy atom. The van der Waals surface area contributed by atoms with Crippen molar-refractivity contribution in [3.8, 4) is 17.2 Å². The molecule has 2 aromatic carbocycles. The van der Waals surface area contributed by atoms with Crippen molar-refractivity contribution in [2.24, 2.45) is 0 Å².